The topological polar surface area (TPSA) is 57.5 Å². The van der Waals surface area contributed by atoms with Crippen molar-refractivity contribution >= 4 is 5.97 Å². The zero-order chi connectivity index (χ0) is 25.1. The van der Waals surface area contributed by atoms with Crippen molar-refractivity contribution in [1.29, 1.82) is 0 Å². The van der Waals surface area contributed by atoms with Crippen LogP contribution in [0.1, 0.15) is 142 Å². The van der Waals surface area contributed by atoms with Crippen LogP contribution in [-0.4, -0.2) is 22.3 Å². The van der Waals surface area contributed by atoms with Gasteiger partial charge >= 0.3 is 5.97 Å². The van der Waals surface area contributed by atoms with Crippen LogP contribution in [0.4, 0.5) is 0 Å². The van der Waals surface area contributed by atoms with Gasteiger partial charge in [0, 0.05) is 5.92 Å². The Morgan fingerprint density at radius 3 is 1.47 bits per heavy atom. The van der Waals surface area contributed by atoms with Crippen molar-refractivity contribution in [3.05, 3.63) is 12.7 Å². The highest BCUT2D eigenvalue weighted by Crippen LogP contribution is 2.15. The molecule has 2 N–H and O–H groups in total. The van der Waals surface area contributed by atoms with Gasteiger partial charge in [-0.25, -0.2) is 0 Å². The van der Waals surface area contributed by atoms with Crippen LogP contribution in [0.25, 0.3) is 0 Å². The van der Waals surface area contributed by atoms with E-state index in [1.807, 2.05) is 0 Å². The van der Waals surface area contributed by atoms with E-state index in [1.54, 1.807) is 0 Å². The maximum Gasteiger partial charge on any atom is 0.304 e. The smallest absolute Gasteiger partial charge is 0.304 e. The molecule has 0 aromatic heterocycles. The predicted molar refractivity (Wildman–Crippen MR) is 146 cm³/mol. The molecule has 2 unspecified atom stereocenters. The lowest BCUT2D eigenvalue weighted by molar-refractivity contribution is -0.137. The maximum atomic E-state index is 10.7. The summed E-state index contributed by atoms with van der Waals surface area (Å²) in [7, 11) is 0. The first-order valence-corrected chi connectivity index (χ1v) is 14.1. The Balaban J connectivity index is 3.41. The van der Waals surface area contributed by atoms with Crippen molar-refractivity contribution in [3.63, 3.8) is 0 Å². The summed E-state index contributed by atoms with van der Waals surface area (Å²) in [5, 5.41) is 18.7. The Hall–Kier alpha value is -1.71. The highest BCUT2D eigenvalue weighted by molar-refractivity contribution is 5.68. The predicted octanol–water partition coefficient (Wildman–Crippen LogP) is 8.45. The number of carbonyl (C=O) groups is 1. The maximum absolute atomic E-state index is 10.7. The van der Waals surface area contributed by atoms with Gasteiger partial charge in [0.05, 0.1) is 6.42 Å². The van der Waals surface area contributed by atoms with Crippen LogP contribution in [0, 0.1) is 29.6 Å². The lowest BCUT2D eigenvalue weighted by atomic mass is 10.0. The van der Waals surface area contributed by atoms with Crippen LogP contribution in [0.15, 0.2) is 12.7 Å². The minimum atomic E-state index is -0.906. The van der Waals surface area contributed by atoms with E-state index < -0.39 is 18.0 Å². The third-order valence-corrected chi connectivity index (χ3v) is 6.32. The van der Waals surface area contributed by atoms with Gasteiger partial charge in [-0.15, -0.1) is 6.58 Å². The Bertz CT molecular complexity index is 602. The molecule has 194 valence electrons. The van der Waals surface area contributed by atoms with Gasteiger partial charge in [0.1, 0.15) is 6.10 Å². The van der Waals surface area contributed by atoms with E-state index in [4.69, 9.17) is 5.11 Å². The lowest BCUT2D eigenvalue weighted by Gasteiger charge is -2.04. The zero-order valence-electron chi connectivity index (χ0n) is 22.1. The summed E-state index contributed by atoms with van der Waals surface area (Å²) in [6, 6.07) is 0. The average Bonchev–Trinajstić information content (AvgIpc) is 2.82. The summed E-state index contributed by atoms with van der Waals surface area (Å²) in [6.07, 6.45) is 27.2. The van der Waals surface area contributed by atoms with Gasteiger partial charge in [0.15, 0.2) is 0 Å². The molecule has 0 heterocycles. The first kappa shape index (κ1) is 32.3. The summed E-state index contributed by atoms with van der Waals surface area (Å²) < 4.78 is 0. The number of allylic oxidation sites excluding steroid dienone is 1. The number of aliphatic carboxylic acids is 1. The van der Waals surface area contributed by atoms with E-state index in [0.29, 0.717) is 6.42 Å². The second kappa shape index (κ2) is 25.9. The first-order chi connectivity index (χ1) is 16.6. The summed E-state index contributed by atoms with van der Waals surface area (Å²) in [4.78, 5) is 10.7. The van der Waals surface area contributed by atoms with Crippen LogP contribution in [0.3, 0.4) is 0 Å². The molecule has 3 nitrogen and oxygen atoms in total. The van der Waals surface area contributed by atoms with E-state index in [0.717, 1.165) is 12.8 Å². The number of rotatable bonds is 23. The number of hydrogen-bond acceptors (Lipinski definition) is 2. The lowest BCUT2D eigenvalue weighted by Crippen LogP contribution is -2.03. The molecule has 0 saturated heterocycles. The van der Waals surface area contributed by atoms with Crippen molar-refractivity contribution in [3.8, 4) is 23.7 Å². The van der Waals surface area contributed by atoms with Crippen LogP contribution < -0.4 is 0 Å². The average molecular weight is 473 g/mol. The minimum Gasteiger partial charge on any atom is -0.481 e. The van der Waals surface area contributed by atoms with Crippen molar-refractivity contribution in [2.24, 2.45) is 5.92 Å². The number of carboxylic acids is 1. The minimum absolute atomic E-state index is 0.0694. The molecule has 3 heteroatoms. The van der Waals surface area contributed by atoms with Gasteiger partial charge in [-0.2, -0.15) is 0 Å². The van der Waals surface area contributed by atoms with Gasteiger partial charge in [-0.05, 0) is 24.7 Å². The van der Waals surface area contributed by atoms with Gasteiger partial charge in [0.2, 0.25) is 0 Å². The number of aliphatic hydroxyl groups excluding tert-OH is 1. The van der Waals surface area contributed by atoms with Crippen LogP contribution in [-0.2, 0) is 4.79 Å². The van der Waals surface area contributed by atoms with Crippen LogP contribution >= 0.6 is 0 Å². The standard InChI is InChI=1S/C31H52O3/c1-3-5-6-7-8-9-10-11-12-13-14-15-16-17-18-19-20-21-22-26-30(32)27-24-23-25-29(4-2)28-31(33)34/h4,29-30,32H,2-3,5-22,26,28H2,1H3,(H,33,34). The quantitative estimate of drug-likeness (QED) is 0.0890. The van der Waals surface area contributed by atoms with E-state index in [2.05, 4.69) is 37.2 Å². The Morgan fingerprint density at radius 1 is 0.706 bits per heavy atom. The Labute approximate surface area is 211 Å². The number of hydrogen-bond donors (Lipinski definition) is 2. The van der Waals surface area contributed by atoms with Gasteiger partial charge < -0.3 is 10.2 Å². The molecule has 0 aliphatic rings. The van der Waals surface area contributed by atoms with Crippen LogP contribution in [0.5, 0.6) is 0 Å². The van der Waals surface area contributed by atoms with E-state index in [9.17, 15) is 9.90 Å². The normalized spacial score (nSPS) is 12.2. The number of aliphatic hydroxyl groups is 1. The second-order valence-electron chi connectivity index (χ2n) is 9.65. The van der Waals surface area contributed by atoms with Crippen molar-refractivity contribution < 1.29 is 15.0 Å². The monoisotopic (exact) mass is 472 g/mol. The third-order valence-electron chi connectivity index (χ3n) is 6.32. The molecule has 0 fully saturated rings. The molecule has 0 spiro atoms. The van der Waals surface area contributed by atoms with Crippen LogP contribution in [0.2, 0.25) is 0 Å². The summed E-state index contributed by atoms with van der Waals surface area (Å²) in [6.45, 7) is 5.86. The highest BCUT2D eigenvalue weighted by Gasteiger charge is 2.05. The summed E-state index contributed by atoms with van der Waals surface area (Å²) >= 11 is 0. The molecule has 0 aromatic carbocycles. The largest absolute Gasteiger partial charge is 0.481 e. The second-order valence-corrected chi connectivity index (χ2v) is 9.65. The molecule has 0 bridgehead atoms. The summed E-state index contributed by atoms with van der Waals surface area (Å²) in [5.74, 6) is 9.43. The Morgan fingerprint density at radius 2 is 1.09 bits per heavy atom. The zero-order valence-corrected chi connectivity index (χ0v) is 22.1. The molecule has 0 aromatic rings. The SMILES string of the molecule is C=CC(C#CC#CC(O)CCCCCCCCCCCCCCCCCCCCC)CC(=O)O. The molecule has 0 aliphatic carbocycles. The molecule has 0 radical (unpaired) electrons. The van der Waals surface area contributed by atoms with E-state index in [-0.39, 0.29) is 6.42 Å². The molecule has 0 rings (SSSR count). The molecular formula is C31H52O3. The number of carboxylic acid groups (broad SMARTS) is 1. The van der Waals surface area contributed by atoms with Crippen molar-refractivity contribution in [1.82, 2.24) is 0 Å². The number of unbranched alkanes of at least 4 members (excludes halogenated alkanes) is 18. The summed E-state index contributed by atoms with van der Waals surface area (Å²) in [5.41, 5.74) is 0. The van der Waals surface area contributed by atoms with Crippen molar-refractivity contribution in [2.75, 3.05) is 0 Å². The molecule has 0 amide bonds. The van der Waals surface area contributed by atoms with Gasteiger partial charge in [-0.3, -0.25) is 4.79 Å². The molecule has 0 aliphatic heterocycles. The van der Waals surface area contributed by atoms with Gasteiger partial charge in [-0.1, -0.05) is 140 Å². The Kier molecular flexibility index (Phi) is 24.6. The molecule has 34 heavy (non-hydrogen) atoms. The molecule has 2 atom stereocenters. The highest BCUT2D eigenvalue weighted by atomic mass is 16.4. The van der Waals surface area contributed by atoms with E-state index >= 15 is 0 Å². The fourth-order valence-electron chi connectivity index (χ4n) is 4.12. The van der Waals surface area contributed by atoms with Crippen molar-refractivity contribution in [2.45, 2.75) is 148 Å². The van der Waals surface area contributed by atoms with Gasteiger partial charge in [0.25, 0.3) is 0 Å². The fourth-order valence-corrected chi connectivity index (χ4v) is 4.12. The molecule has 0 saturated carbocycles. The third kappa shape index (κ3) is 24.9. The fraction of sp³-hybridized carbons (Fsp3) is 0.774. The molecular weight excluding hydrogens is 420 g/mol. The van der Waals surface area contributed by atoms with E-state index in [1.165, 1.54) is 115 Å². The first-order valence-electron chi connectivity index (χ1n) is 14.1.